The molecule has 0 amide bonds. The van der Waals surface area contributed by atoms with Crippen LogP contribution in [0.4, 0.5) is 0 Å². The monoisotopic (exact) mass is 334 g/mol. The molecule has 0 saturated heterocycles. The molecule has 0 aliphatic carbocycles. The molecule has 1 N–H and O–H groups in total. The summed E-state index contributed by atoms with van der Waals surface area (Å²) in [5.74, 6) is 0.0623. The Labute approximate surface area is 136 Å². The van der Waals surface area contributed by atoms with Crippen molar-refractivity contribution in [2.45, 2.75) is 13.3 Å². The van der Waals surface area contributed by atoms with E-state index in [1.807, 2.05) is 13.0 Å². The third kappa shape index (κ3) is 2.70. The summed E-state index contributed by atoms with van der Waals surface area (Å²) in [6.45, 7) is 1.86. The van der Waals surface area contributed by atoms with Gasteiger partial charge in [0.05, 0.1) is 10.0 Å². The first-order chi connectivity index (χ1) is 10.5. The fourth-order valence-electron chi connectivity index (χ4n) is 2.44. The third-order valence-corrected chi connectivity index (χ3v) is 4.37. The lowest BCUT2D eigenvalue weighted by Gasteiger charge is -2.08. The van der Waals surface area contributed by atoms with Crippen molar-refractivity contribution in [1.29, 1.82) is 0 Å². The molecule has 2 aromatic carbocycles. The zero-order valence-electron chi connectivity index (χ0n) is 11.7. The van der Waals surface area contributed by atoms with Gasteiger partial charge in [-0.15, -0.1) is 0 Å². The predicted molar refractivity (Wildman–Crippen MR) is 88.2 cm³/mol. The number of fused-ring (bicyclic) bond motifs is 1. The molecule has 112 valence electrons. The summed E-state index contributed by atoms with van der Waals surface area (Å²) in [4.78, 5) is 12.2. The number of hydrogen-bond acceptors (Lipinski definition) is 3. The van der Waals surface area contributed by atoms with Gasteiger partial charge in [0.1, 0.15) is 11.3 Å². The summed E-state index contributed by atoms with van der Waals surface area (Å²) < 4.78 is 5.31. The fourth-order valence-corrected chi connectivity index (χ4v) is 2.76. The summed E-state index contributed by atoms with van der Waals surface area (Å²) >= 11 is 11.9. The lowest BCUT2D eigenvalue weighted by molar-refractivity contribution is 0.472. The van der Waals surface area contributed by atoms with Crippen molar-refractivity contribution in [1.82, 2.24) is 0 Å². The summed E-state index contributed by atoms with van der Waals surface area (Å²) in [6, 6.07) is 10.0. The fraction of sp³-hybridized carbons (Fsp3) is 0.118. The molecular formula is C17H12Cl2O3. The Bertz CT molecular complexity index is 929. The minimum Gasteiger partial charge on any atom is -0.508 e. The molecule has 5 heteroatoms. The Hall–Kier alpha value is -1.97. The number of hydrogen-bond donors (Lipinski definition) is 1. The second-order valence-corrected chi connectivity index (χ2v) is 5.91. The van der Waals surface area contributed by atoms with Crippen LogP contribution in [0.3, 0.4) is 0 Å². The molecule has 1 heterocycles. The maximum Gasteiger partial charge on any atom is 0.340 e. The maximum atomic E-state index is 12.2. The number of aromatic hydroxyl groups is 1. The van der Waals surface area contributed by atoms with Crippen molar-refractivity contribution in [3.8, 4) is 5.75 Å². The SMILES string of the molecule is Cc1c(Cc2ccc(Cl)c(Cl)c2)c(=O)oc2cc(O)ccc12. The first-order valence-corrected chi connectivity index (χ1v) is 7.40. The van der Waals surface area contributed by atoms with Crippen LogP contribution in [-0.4, -0.2) is 5.11 Å². The van der Waals surface area contributed by atoms with Gasteiger partial charge in [0.25, 0.3) is 0 Å². The molecule has 0 aliphatic heterocycles. The van der Waals surface area contributed by atoms with Gasteiger partial charge in [0, 0.05) is 23.4 Å². The average Bonchev–Trinajstić information content (AvgIpc) is 2.46. The number of phenolic OH excluding ortho intramolecular Hbond substituents is 1. The second kappa shape index (κ2) is 5.67. The molecule has 22 heavy (non-hydrogen) atoms. The summed E-state index contributed by atoms with van der Waals surface area (Å²) in [6.07, 6.45) is 0.405. The molecule has 0 spiro atoms. The molecule has 0 radical (unpaired) electrons. The van der Waals surface area contributed by atoms with E-state index in [1.54, 1.807) is 24.3 Å². The number of aryl methyl sites for hydroxylation is 1. The lowest BCUT2D eigenvalue weighted by atomic mass is 9.99. The zero-order valence-corrected chi connectivity index (χ0v) is 13.2. The molecular weight excluding hydrogens is 323 g/mol. The van der Waals surface area contributed by atoms with Crippen LogP contribution in [0.15, 0.2) is 45.6 Å². The Morgan fingerprint density at radius 3 is 2.59 bits per heavy atom. The quantitative estimate of drug-likeness (QED) is 0.690. The van der Waals surface area contributed by atoms with Gasteiger partial charge < -0.3 is 9.52 Å². The molecule has 1 aromatic heterocycles. The highest BCUT2D eigenvalue weighted by Crippen LogP contribution is 2.27. The minimum atomic E-state index is -0.415. The zero-order chi connectivity index (χ0) is 15.9. The number of benzene rings is 2. The van der Waals surface area contributed by atoms with E-state index < -0.39 is 5.63 Å². The predicted octanol–water partition coefficient (Wildman–Crippen LogP) is 4.70. The largest absolute Gasteiger partial charge is 0.508 e. The summed E-state index contributed by atoms with van der Waals surface area (Å²) in [5, 5.41) is 11.2. The van der Waals surface area contributed by atoms with Gasteiger partial charge >= 0.3 is 5.63 Å². The van der Waals surface area contributed by atoms with E-state index in [9.17, 15) is 9.90 Å². The van der Waals surface area contributed by atoms with E-state index in [4.69, 9.17) is 27.6 Å². The van der Waals surface area contributed by atoms with Gasteiger partial charge in [0.2, 0.25) is 0 Å². The topological polar surface area (TPSA) is 50.4 Å². The maximum absolute atomic E-state index is 12.2. The molecule has 0 atom stereocenters. The van der Waals surface area contributed by atoms with Gasteiger partial charge in [-0.25, -0.2) is 4.79 Å². The van der Waals surface area contributed by atoms with Crippen LogP contribution in [0, 0.1) is 6.92 Å². The molecule has 0 bridgehead atoms. The van der Waals surface area contributed by atoms with E-state index >= 15 is 0 Å². The standard InChI is InChI=1S/C17H12Cl2O3/c1-9-12-4-3-11(20)8-16(12)22-17(21)13(9)6-10-2-5-14(18)15(19)7-10/h2-5,7-8,20H,6H2,1H3. The normalized spacial score (nSPS) is 11.0. The van der Waals surface area contributed by atoms with Crippen molar-refractivity contribution >= 4 is 34.2 Å². The van der Waals surface area contributed by atoms with Crippen LogP contribution in [0.25, 0.3) is 11.0 Å². The van der Waals surface area contributed by atoms with Crippen LogP contribution in [-0.2, 0) is 6.42 Å². The van der Waals surface area contributed by atoms with Crippen LogP contribution in [0.5, 0.6) is 5.75 Å². The van der Waals surface area contributed by atoms with Crippen molar-refractivity contribution in [2.24, 2.45) is 0 Å². The Kier molecular flexibility index (Phi) is 3.85. The number of rotatable bonds is 2. The average molecular weight is 335 g/mol. The molecule has 3 nitrogen and oxygen atoms in total. The van der Waals surface area contributed by atoms with Crippen molar-refractivity contribution in [3.63, 3.8) is 0 Å². The number of phenols is 1. The van der Waals surface area contributed by atoms with Gasteiger partial charge in [-0.1, -0.05) is 29.3 Å². The summed E-state index contributed by atoms with van der Waals surface area (Å²) in [7, 11) is 0. The van der Waals surface area contributed by atoms with E-state index in [0.29, 0.717) is 27.6 Å². The van der Waals surface area contributed by atoms with Crippen LogP contribution < -0.4 is 5.63 Å². The van der Waals surface area contributed by atoms with Gasteiger partial charge in [-0.3, -0.25) is 0 Å². The van der Waals surface area contributed by atoms with E-state index in [2.05, 4.69) is 0 Å². The third-order valence-electron chi connectivity index (χ3n) is 3.64. The molecule has 0 fully saturated rings. The second-order valence-electron chi connectivity index (χ2n) is 5.10. The number of halogens is 2. The van der Waals surface area contributed by atoms with E-state index in [0.717, 1.165) is 16.5 Å². The lowest BCUT2D eigenvalue weighted by Crippen LogP contribution is -2.10. The smallest absolute Gasteiger partial charge is 0.340 e. The van der Waals surface area contributed by atoms with Gasteiger partial charge in [0.15, 0.2) is 0 Å². The highest BCUT2D eigenvalue weighted by molar-refractivity contribution is 6.42. The van der Waals surface area contributed by atoms with E-state index in [-0.39, 0.29) is 5.75 Å². The highest BCUT2D eigenvalue weighted by Gasteiger charge is 2.13. The van der Waals surface area contributed by atoms with Gasteiger partial charge in [-0.2, -0.15) is 0 Å². The first-order valence-electron chi connectivity index (χ1n) is 6.65. The van der Waals surface area contributed by atoms with Crippen molar-refractivity contribution < 1.29 is 9.52 Å². The Morgan fingerprint density at radius 1 is 1.09 bits per heavy atom. The molecule has 3 aromatic rings. The first kappa shape index (κ1) is 14.9. The molecule has 3 rings (SSSR count). The van der Waals surface area contributed by atoms with E-state index in [1.165, 1.54) is 6.07 Å². The Morgan fingerprint density at radius 2 is 1.86 bits per heavy atom. The van der Waals surface area contributed by atoms with Crippen LogP contribution in [0.1, 0.15) is 16.7 Å². The minimum absolute atomic E-state index is 0.0623. The van der Waals surface area contributed by atoms with Gasteiger partial charge in [-0.05, 0) is 42.3 Å². The highest BCUT2D eigenvalue weighted by atomic mass is 35.5. The van der Waals surface area contributed by atoms with Crippen LogP contribution >= 0.6 is 23.2 Å². The summed E-state index contributed by atoms with van der Waals surface area (Å²) in [5.41, 5.74) is 2.24. The van der Waals surface area contributed by atoms with Crippen LogP contribution in [0.2, 0.25) is 10.0 Å². The molecule has 0 saturated carbocycles. The van der Waals surface area contributed by atoms with Crippen molar-refractivity contribution in [3.05, 3.63) is 73.6 Å². The molecule has 0 aliphatic rings. The van der Waals surface area contributed by atoms with Crippen molar-refractivity contribution in [2.75, 3.05) is 0 Å². The Balaban J connectivity index is 2.12. The molecule has 0 unspecified atom stereocenters.